The van der Waals surface area contributed by atoms with E-state index in [1.807, 2.05) is 19.1 Å². The van der Waals surface area contributed by atoms with Crippen LogP contribution in [0.4, 0.5) is 5.69 Å². The maximum atomic E-state index is 12.9. The Bertz CT molecular complexity index is 1320. The van der Waals surface area contributed by atoms with Gasteiger partial charge in [-0.3, -0.25) is 14.6 Å². The Balaban J connectivity index is 1.81. The SMILES string of the molecule is CC1=NN(c2ccc(C)cc2)C(=O)/C1=C/c1c(O)n(-c2ccccc2)c(=O)[nH]c1=O. The lowest BCUT2D eigenvalue weighted by atomic mass is 10.1. The standard InChI is InChI=1S/C22H18N4O4/c1-13-8-10-16(11-9-13)26-21(29)17(14(2)24-26)12-18-19(27)23-22(30)25(20(18)28)15-6-4-3-5-7-15/h3-12,28H,1-2H3,(H,23,27,30)/b17-12+. The van der Waals surface area contributed by atoms with E-state index in [4.69, 9.17) is 0 Å². The molecular formula is C22H18N4O4. The van der Waals surface area contributed by atoms with Crippen LogP contribution in [-0.4, -0.2) is 26.3 Å². The lowest BCUT2D eigenvalue weighted by Crippen LogP contribution is -2.30. The maximum Gasteiger partial charge on any atom is 0.335 e. The van der Waals surface area contributed by atoms with Crippen molar-refractivity contribution in [2.24, 2.45) is 5.10 Å². The molecular weight excluding hydrogens is 384 g/mol. The molecule has 0 saturated carbocycles. The van der Waals surface area contributed by atoms with E-state index in [9.17, 15) is 19.5 Å². The van der Waals surface area contributed by atoms with Gasteiger partial charge in [0.05, 0.1) is 22.7 Å². The van der Waals surface area contributed by atoms with Crippen molar-refractivity contribution in [1.29, 1.82) is 0 Å². The first-order valence-electron chi connectivity index (χ1n) is 9.19. The fourth-order valence-electron chi connectivity index (χ4n) is 3.17. The summed E-state index contributed by atoms with van der Waals surface area (Å²) in [5.41, 5.74) is 0.748. The van der Waals surface area contributed by atoms with Gasteiger partial charge in [0, 0.05) is 0 Å². The molecule has 8 nitrogen and oxygen atoms in total. The number of H-pyrrole nitrogens is 1. The number of rotatable bonds is 3. The predicted molar refractivity (Wildman–Crippen MR) is 114 cm³/mol. The van der Waals surface area contributed by atoms with Crippen molar-refractivity contribution in [3.8, 4) is 11.6 Å². The normalized spacial score (nSPS) is 15.0. The van der Waals surface area contributed by atoms with Gasteiger partial charge in [-0.15, -0.1) is 0 Å². The molecule has 3 aromatic rings. The van der Waals surface area contributed by atoms with Gasteiger partial charge >= 0.3 is 5.69 Å². The molecule has 0 bridgehead atoms. The Hall–Kier alpha value is -4.20. The van der Waals surface area contributed by atoms with Crippen LogP contribution in [0.3, 0.4) is 0 Å². The van der Waals surface area contributed by atoms with Crippen LogP contribution in [-0.2, 0) is 4.79 Å². The number of hydrazone groups is 1. The summed E-state index contributed by atoms with van der Waals surface area (Å²) in [6.45, 7) is 3.57. The lowest BCUT2D eigenvalue weighted by Gasteiger charge is -2.12. The monoisotopic (exact) mass is 402 g/mol. The summed E-state index contributed by atoms with van der Waals surface area (Å²) in [6, 6.07) is 15.6. The number of nitrogens with zero attached hydrogens (tertiary/aromatic N) is 3. The number of carbonyl (C=O) groups excluding carboxylic acids is 1. The summed E-state index contributed by atoms with van der Waals surface area (Å²) in [5.74, 6) is -0.996. The molecule has 0 unspecified atom stereocenters. The molecule has 30 heavy (non-hydrogen) atoms. The number of carbonyl (C=O) groups is 1. The van der Waals surface area contributed by atoms with E-state index < -0.39 is 23.0 Å². The van der Waals surface area contributed by atoms with Gasteiger partial charge in [0.25, 0.3) is 11.5 Å². The average molecular weight is 402 g/mol. The molecule has 0 saturated heterocycles. The van der Waals surface area contributed by atoms with Crippen molar-refractivity contribution in [3.05, 3.63) is 92.1 Å². The second-order valence-electron chi connectivity index (χ2n) is 6.86. The first kappa shape index (κ1) is 19.1. The van der Waals surface area contributed by atoms with Crippen LogP contribution in [0, 0.1) is 6.92 Å². The van der Waals surface area contributed by atoms with Crippen molar-refractivity contribution in [3.63, 3.8) is 0 Å². The lowest BCUT2D eigenvalue weighted by molar-refractivity contribution is -0.114. The highest BCUT2D eigenvalue weighted by Gasteiger charge is 2.29. The molecule has 1 aromatic heterocycles. The van der Waals surface area contributed by atoms with Crippen molar-refractivity contribution in [2.45, 2.75) is 13.8 Å². The van der Waals surface area contributed by atoms with Crippen LogP contribution in [0.2, 0.25) is 0 Å². The Morgan fingerprint density at radius 2 is 1.60 bits per heavy atom. The van der Waals surface area contributed by atoms with E-state index in [0.717, 1.165) is 10.1 Å². The number of aryl methyl sites for hydroxylation is 1. The Labute approximate surface area is 171 Å². The Morgan fingerprint density at radius 3 is 2.27 bits per heavy atom. The number of para-hydroxylation sites is 1. The average Bonchev–Trinajstić information content (AvgIpc) is 3.00. The molecule has 0 radical (unpaired) electrons. The molecule has 150 valence electrons. The smallest absolute Gasteiger partial charge is 0.335 e. The van der Waals surface area contributed by atoms with E-state index in [1.54, 1.807) is 49.4 Å². The highest BCUT2D eigenvalue weighted by molar-refractivity contribution is 6.32. The van der Waals surface area contributed by atoms with Gasteiger partial charge in [-0.2, -0.15) is 10.1 Å². The number of aromatic amines is 1. The predicted octanol–water partition coefficient (Wildman–Crippen LogP) is 2.35. The molecule has 0 fully saturated rings. The third kappa shape index (κ3) is 3.24. The minimum atomic E-state index is -0.799. The first-order valence-corrected chi connectivity index (χ1v) is 9.19. The van der Waals surface area contributed by atoms with E-state index in [-0.39, 0.29) is 11.1 Å². The number of aromatic hydroxyl groups is 1. The van der Waals surface area contributed by atoms with Gasteiger partial charge in [0.2, 0.25) is 5.88 Å². The van der Waals surface area contributed by atoms with Crippen LogP contribution in [0.1, 0.15) is 18.1 Å². The summed E-state index contributed by atoms with van der Waals surface area (Å²) in [7, 11) is 0. The van der Waals surface area contributed by atoms with Crippen LogP contribution in [0.5, 0.6) is 5.88 Å². The fraction of sp³-hybridized carbons (Fsp3) is 0.0909. The van der Waals surface area contributed by atoms with E-state index in [2.05, 4.69) is 10.1 Å². The number of aromatic nitrogens is 2. The first-order chi connectivity index (χ1) is 14.4. The number of benzene rings is 2. The molecule has 0 spiro atoms. The summed E-state index contributed by atoms with van der Waals surface area (Å²) in [4.78, 5) is 39.8. The molecule has 8 heteroatoms. The topological polar surface area (TPSA) is 108 Å². The molecule has 1 aliphatic heterocycles. The molecule has 0 aliphatic carbocycles. The molecule has 2 aromatic carbocycles. The molecule has 2 N–H and O–H groups in total. The maximum absolute atomic E-state index is 12.9. The van der Waals surface area contributed by atoms with Gasteiger partial charge in [-0.25, -0.2) is 9.36 Å². The molecule has 4 rings (SSSR count). The van der Waals surface area contributed by atoms with Crippen molar-refractivity contribution < 1.29 is 9.90 Å². The van der Waals surface area contributed by atoms with Crippen LogP contribution < -0.4 is 16.3 Å². The number of hydrogen-bond acceptors (Lipinski definition) is 5. The summed E-state index contributed by atoms with van der Waals surface area (Å²) in [6.07, 6.45) is 1.25. The van der Waals surface area contributed by atoms with Crippen LogP contribution in [0.15, 0.2) is 74.9 Å². The molecule has 0 atom stereocenters. The van der Waals surface area contributed by atoms with E-state index in [1.165, 1.54) is 11.1 Å². The van der Waals surface area contributed by atoms with Gasteiger partial charge < -0.3 is 5.11 Å². The second-order valence-corrected chi connectivity index (χ2v) is 6.86. The van der Waals surface area contributed by atoms with Crippen molar-refractivity contribution >= 4 is 23.4 Å². The third-order valence-electron chi connectivity index (χ3n) is 4.77. The van der Waals surface area contributed by atoms with Crippen molar-refractivity contribution in [2.75, 3.05) is 5.01 Å². The van der Waals surface area contributed by atoms with Crippen LogP contribution >= 0.6 is 0 Å². The summed E-state index contributed by atoms with van der Waals surface area (Å²) < 4.78 is 0.970. The molecule has 1 aliphatic rings. The highest BCUT2D eigenvalue weighted by atomic mass is 16.3. The van der Waals surface area contributed by atoms with Crippen LogP contribution in [0.25, 0.3) is 11.8 Å². The second kappa shape index (κ2) is 7.32. The Morgan fingerprint density at radius 1 is 0.933 bits per heavy atom. The zero-order chi connectivity index (χ0) is 21.4. The fourth-order valence-corrected chi connectivity index (χ4v) is 3.17. The zero-order valence-corrected chi connectivity index (χ0v) is 16.3. The van der Waals surface area contributed by atoms with Crippen molar-refractivity contribution in [1.82, 2.24) is 9.55 Å². The summed E-state index contributed by atoms with van der Waals surface area (Å²) in [5, 5.41) is 16.2. The van der Waals surface area contributed by atoms with E-state index in [0.29, 0.717) is 17.1 Å². The van der Waals surface area contributed by atoms with E-state index >= 15 is 0 Å². The van der Waals surface area contributed by atoms with Gasteiger partial charge in [0.15, 0.2) is 0 Å². The number of anilines is 1. The van der Waals surface area contributed by atoms with Gasteiger partial charge in [0.1, 0.15) is 5.56 Å². The molecule has 1 amide bonds. The minimum Gasteiger partial charge on any atom is -0.494 e. The number of nitrogens with one attached hydrogen (secondary N) is 1. The number of amides is 1. The van der Waals surface area contributed by atoms with Gasteiger partial charge in [-0.05, 0) is 44.2 Å². The summed E-state index contributed by atoms with van der Waals surface area (Å²) >= 11 is 0. The zero-order valence-electron chi connectivity index (χ0n) is 16.3. The highest BCUT2D eigenvalue weighted by Crippen LogP contribution is 2.26. The number of hydrogen-bond donors (Lipinski definition) is 2. The Kier molecular flexibility index (Phi) is 4.67. The largest absolute Gasteiger partial charge is 0.494 e. The third-order valence-corrected chi connectivity index (χ3v) is 4.77. The molecule has 2 heterocycles. The quantitative estimate of drug-likeness (QED) is 0.656. The minimum absolute atomic E-state index is 0.148. The van der Waals surface area contributed by atoms with Gasteiger partial charge in [-0.1, -0.05) is 35.9 Å².